The van der Waals surface area contributed by atoms with Crippen LogP contribution in [0.4, 0.5) is 11.5 Å². The summed E-state index contributed by atoms with van der Waals surface area (Å²) in [5.74, 6) is 1.91. The summed E-state index contributed by atoms with van der Waals surface area (Å²) in [5, 5.41) is 5.95. The first-order chi connectivity index (χ1) is 13.7. The monoisotopic (exact) mass is 374 g/mol. The van der Waals surface area contributed by atoms with Crippen LogP contribution in [0.15, 0.2) is 67.3 Å². The number of aromatic nitrogens is 2. The van der Waals surface area contributed by atoms with E-state index in [1.165, 1.54) is 0 Å². The van der Waals surface area contributed by atoms with E-state index >= 15 is 0 Å². The summed E-state index contributed by atoms with van der Waals surface area (Å²) in [6.45, 7) is 4.39. The van der Waals surface area contributed by atoms with Gasteiger partial charge in [0.15, 0.2) is 17.3 Å². The van der Waals surface area contributed by atoms with Gasteiger partial charge in [-0.2, -0.15) is 0 Å². The van der Waals surface area contributed by atoms with Crippen molar-refractivity contribution in [3.8, 4) is 22.9 Å². The number of hydrogen-bond donors (Lipinski definition) is 2. The smallest absolute Gasteiger partial charge is 0.274 e. The number of nitrogens with zero attached hydrogens (tertiary/aromatic N) is 2. The van der Waals surface area contributed by atoms with E-state index in [0.29, 0.717) is 35.4 Å². The van der Waals surface area contributed by atoms with Crippen LogP contribution in [0.1, 0.15) is 10.5 Å². The van der Waals surface area contributed by atoms with Crippen LogP contribution in [-0.2, 0) is 0 Å². The third-order valence-corrected chi connectivity index (χ3v) is 4.05. The molecule has 0 fully saturated rings. The summed E-state index contributed by atoms with van der Waals surface area (Å²) in [7, 11) is 0. The van der Waals surface area contributed by atoms with Crippen molar-refractivity contribution in [1.82, 2.24) is 9.97 Å². The van der Waals surface area contributed by atoms with Crippen LogP contribution in [0.25, 0.3) is 11.4 Å². The van der Waals surface area contributed by atoms with Gasteiger partial charge in [0.1, 0.15) is 11.5 Å². The van der Waals surface area contributed by atoms with Gasteiger partial charge in [0.2, 0.25) is 6.79 Å². The molecule has 28 heavy (non-hydrogen) atoms. The molecule has 0 bridgehead atoms. The van der Waals surface area contributed by atoms with Gasteiger partial charge >= 0.3 is 0 Å². The lowest BCUT2D eigenvalue weighted by Gasteiger charge is -2.10. The van der Waals surface area contributed by atoms with Gasteiger partial charge in [-0.25, -0.2) is 9.97 Å². The maximum Gasteiger partial charge on any atom is 0.274 e. The van der Waals surface area contributed by atoms with E-state index in [4.69, 9.17) is 9.47 Å². The van der Waals surface area contributed by atoms with Crippen molar-refractivity contribution >= 4 is 17.4 Å². The Morgan fingerprint density at radius 1 is 1.07 bits per heavy atom. The molecular weight excluding hydrogens is 356 g/mol. The van der Waals surface area contributed by atoms with Crippen molar-refractivity contribution in [1.29, 1.82) is 0 Å². The first kappa shape index (κ1) is 17.5. The normalized spacial score (nSPS) is 11.7. The average Bonchev–Trinajstić information content (AvgIpc) is 3.20. The Labute approximate surface area is 162 Å². The second kappa shape index (κ2) is 7.79. The molecular formula is C21H18N4O3. The lowest BCUT2D eigenvalue weighted by molar-refractivity contribution is 0.102. The largest absolute Gasteiger partial charge is 0.454 e. The second-order valence-electron chi connectivity index (χ2n) is 6.02. The number of rotatable bonds is 6. The zero-order valence-electron chi connectivity index (χ0n) is 15.0. The Balaban J connectivity index is 1.63. The van der Waals surface area contributed by atoms with Crippen LogP contribution in [0.5, 0.6) is 11.5 Å². The van der Waals surface area contributed by atoms with Crippen LogP contribution in [0.2, 0.25) is 0 Å². The van der Waals surface area contributed by atoms with Gasteiger partial charge in [0.25, 0.3) is 5.91 Å². The molecule has 1 aliphatic heterocycles. The summed E-state index contributed by atoms with van der Waals surface area (Å²) >= 11 is 0. The van der Waals surface area contributed by atoms with E-state index in [-0.39, 0.29) is 18.4 Å². The summed E-state index contributed by atoms with van der Waals surface area (Å²) < 4.78 is 10.6. The van der Waals surface area contributed by atoms with Gasteiger partial charge in [-0.3, -0.25) is 4.79 Å². The highest BCUT2D eigenvalue weighted by molar-refractivity contribution is 6.03. The molecule has 0 saturated carbocycles. The maximum atomic E-state index is 12.8. The minimum atomic E-state index is -0.347. The van der Waals surface area contributed by atoms with Gasteiger partial charge < -0.3 is 20.1 Å². The van der Waals surface area contributed by atoms with E-state index in [1.807, 2.05) is 30.3 Å². The Bertz CT molecular complexity index is 1020. The summed E-state index contributed by atoms with van der Waals surface area (Å²) in [5.41, 5.74) is 1.66. The highest BCUT2D eigenvalue weighted by atomic mass is 16.7. The maximum absolute atomic E-state index is 12.8. The number of carbonyl (C=O) groups is 1. The molecule has 0 atom stereocenters. The molecule has 0 saturated heterocycles. The third kappa shape index (κ3) is 3.78. The SMILES string of the molecule is C=CCNc1cc(C(=O)Nc2ccc3c(c2)OCO3)nc(-c2ccccc2)n1. The Kier molecular flexibility index (Phi) is 4.88. The fourth-order valence-corrected chi connectivity index (χ4v) is 2.72. The van der Waals surface area contributed by atoms with Crippen molar-refractivity contribution in [3.05, 3.63) is 72.9 Å². The van der Waals surface area contributed by atoms with Crippen molar-refractivity contribution in [2.45, 2.75) is 0 Å². The van der Waals surface area contributed by atoms with Gasteiger partial charge in [0, 0.05) is 29.9 Å². The fourth-order valence-electron chi connectivity index (χ4n) is 2.72. The number of hydrogen-bond acceptors (Lipinski definition) is 6. The molecule has 4 rings (SSSR count). The van der Waals surface area contributed by atoms with Crippen LogP contribution < -0.4 is 20.1 Å². The first-order valence-electron chi connectivity index (χ1n) is 8.73. The van der Waals surface area contributed by atoms with Gasteiger partial charge in [-0.15, -0.1) is 6.58 Å². The molecule has 2 N–H and O–H groups in total. The van der Waals surface area contributed by atoms with Crippen molar-refractivity contribution in [3.63, 3.8) is 0 Å². The van der Waals surface area contributed by atoms with E-state index in [1.54, 1.807) is 30.3 Å². The molecule has 2 aromatic carbocycles. The number of nitrogens with one attached hydrogen (secondary N) is 2. The quantitative estimate of drug-likeness (QED) is 0.640. The number of fused-ring (bicyclic) bond motifs is 1. The Morgan fingerprint density at radius 3 is 2.71 bits per heavy atom. The predicted octanol–water partition coefficient (Wildman–Crippen LogP) is 3.72. The first-order valence-corrected chi connectivity index (χ1v) is 8.73. The summed E-state index contributed by atoms with van der Waals surface area (Å²) in [6, 6.07) is 16.3. The van der Waals surface area contributed by atoms with Gasteiger partial charge in [0.05, 0.1) is 0 Å². The van der Waals surface area contributed by atoms with Crippen LogP contribution in [0, 0.1) is 0 Å². The van der Waals surface area contributed by atoms with E-state index in [2.05, 4.69) is 27.2 Å². The zero-order chi connectivity index (χ0) is 19.3. The van der Waals surface area contributed by atoms with Crippen LogP contribution in [0.3, 0.4) is 0 Å². The Morgan fingerprint density at radius 2 is 1.89 bits per heavy atom. The van der Waals surface area contributed by atoms with Crippen molar-refractivity contribution in [2.24, 2.45) is 0 Å². The van der Waals surface area contributed by atoms with Crippen LogP contribution >= 0.6 is 0 Å². The molecule has 1 aromatic heterocycles. The van der Waals surface area contributed by atoms with Crippen molar-refractivity contribution < 1.29 is 14.3 Å². The topological polar surface area (TPSA) is 85.4 Å². The molecule has 0 aliphatic carbocycles. The molecule has 7 nitrogen and oxygen atoms in total. The minimum Gasteiger partial charge on any atom is -0.454 e. The highest BCUT2D eigenvalue weighted by Gasteiger charge is 2.17. The molecule has 1 amide bonds. The standard InChI is InChI=1S/C21H18N4O3/c1-2-10-22-19-12-16(24-20(25-19)14-6-4-3-5-7-14)21(26)23-15-8-9-17-18(11-15)28-13-27-17/h2-9,11-12H,1,10,13H2,(H,23,26)(H,22,24,25). The molecule has 140 valence electrons. The molecule has 0 radical (unpaired) electrons. The molecule has 0 spiro atoms. The van der Waals surface area contributed by atoms with E-state index < -0.39 is 0 Å². The second-order valence-corrected chi connectivity index (χ2v) is 6.02. The summed E-state index contributed by atoms with van der Waals surface area (Å²) in [4.78, 5) is 21.7. The number of carbonyl (C=O) groups excluding carboxylic acids is 1. The van der Waals surface area contributed by atoms with E-state index in [9.17, 15) is 4.79 Å². The summed E-state index contributed by atoms with van der Waals surface area (Å²) in [6.07, 6.45) is 1.72. The average molecular weight is 374 g/mol. The molecule has 7 heteroatoms. The Hall–Kier alpha value is -3.87. The van der Waals surface area contributed by atoms with E-state index in [0.717, 1.165) is 5.56 Å². The lowest BCUT2D eigenvalue weighted by Crippen LogP contribution is -2.15. The molecule has 1 aliphatic rings. The predicted molar refractivity (Wildman–Crippen MR) is 107 cm³/mol. The molecule has 3 aromatic rings. The van der Waals surface area contributed by atoms with Crippen LogP contribution in [-0.4, -0.2) is 29.2 Å². The fraction of sp³-hybridized carbons (Fsp3) is 0.0952. The number of anilines is 2. The molecule has 0 unspecified atom stereocenters. The number of benzene rings is 2. The third-order valence-electron chi connectivity index (χ3n) is 4.05. The number of ether oxygens (including phenoxy) is 2. The van der Waals surface area contributed by atoms with Gasteiger partial charge in [-0.1, -0.05) is 36.4 Å². The zero-order valence-corrected chi connectivity index (χ0v) is 15.0. The van der Waals surface area contributed by atoms with Crippen molar-refractivity contribution in [2.75, 3.05) is 24.0 Å². The molecule has 2 heterocycles. The van der Waals surface area contributed by atoms with Gasteiger partial charge in [-0.05, 0) is 12.1 Å². The number of amides is 1. The minimum absolute atomic E-state index is 0.178. The highest BCUT2D eigenvalue weighted by Crippen LogP contribution is 2.34. The lowest BCUT2D eigenvalue weighted by atomic mass is 10.2.